The molecule has 0 unspecified atom stereocenters. The Morgan fingerprint density at radius 1 is 1.21 bits per heavy atom. The number of hydrogen-bond donors (Lipinski definition) is 0. The summed E-state index contributed by atoms with van der Waals surface area (Å²) in [7, 11) is 0. The first-order chi connectivity index (χ1) is 9.02. The van der Waals surface area contributed by atoms with Gasteiger partial charge in [0.2, 0.25) is 0 Å². The summed E-state index contributed by atoms with van der Waals surface area (Å²) in [4.78, 5) is 11.2. The third kappa shape index (κ3) is 4.19. The van der Waals surface area contributed by atoms with Crippen molar-refractivity contribution in [2.75, 3.05) is 13.2 Å². The van der Waals surface area contributed by atoms with Gasteiger partial charge in [0, 0.05) is 5.56 Å². The van der Waals surface area contributed by atoms with Crippen molar-refractivity contribution in [2.45, 2.75) is 32.6 Å². The molecule has 0 amide bonds. The predicted octanol–water partition coefficient (Wildman–Crippen LogP) is 3.52. The molecular weight excluding hydrogens is 254 g/mol. The fourth-order valence-corrected chi connectivity index (χ4v) is 1.43. The molecule has 0 saturated carbocycles. The number of ether oxygens (including phenoxy) is 2. The van der Waals surface area contributed by atoms with Gasteiger partial charge in [0.05, 0.1) is 13.2 Å². The molecule has 1 aromatic carbocycles. The van der Waals surface area contributed by atoms with Crippen molar-refractivity contribution in [3.05, 3.63) is 29.8 Å². The molecule has 5 heteroatoms. The van der Waals surface area contributed by atoms with Gasteiger partial charge in [0.1, 0.15) is 5.75 Å². The Kier molecular flexibility index (Phi) is 5.73. The van der Waals surface area contributed by atoms with Crippen LogP contribution in [-0.2, 0) is 15.5 Å². The van der Waals surface area contributed by atoms with Crippen LogP contribution in [0, 0.1) is 0 Å². The van der Waals surface area contributed by atoms with E-state index in [9.17, 15) is 13.6 Å². The molecule has 0 aliphatic carbocycles. The SMILES string of the molecule is CCCCOc1ccc(C(F)(F)C(=O)OCC)cc1. The van der Waals surface area contributed by atoms with Crippen LogP contribution < -0.4 is 4.74 Å². The number of alkyl halides is 2. The molecule has 0 bridgehead atoms. The maximum absolute atomic E-state index is 13.7. The summed E-state index contributed by atoms with van der Waals surface area (Å²) in [6.45, 7) is 3.99. The zero-order valence-corrected chi connectivity index (χ0v) is 11.1. The zero-order chi connectivity index (χ0) is 14.3. The lowest BCUT2D eigenvalue weighted by atomic mass is 10.1. The number of benzene rings is 1. The predicted molar refractivity (Wildman–Crippen MR) is 67.4 cm³/mol. The van der Waals surface area contributed by atoms with E-state index in [0.717, 1.165) is 12.8 Å². The lowest BCUT2D eigenvalue weighted by molar-refractivity contribution is -0.173. The average Bonchev–Trinajstić information content (AvgIpc) is 2.40. The fourth-order valence-electron chi connectivity index (χ4n) is 1.43. The maximum atomic E-state index is 13.7. The number of esters is 1. The number of hydrogen-bond acceptors (Lipinski definition) is 3. The first kappa shape index (κ1) is 15.4. The maximum Gasteiger partial charge on any atom is 0.381 e. The summed E-state index contributed by atoms with van der Waals surface area (Å²) < 4.78 is 37.0. The molecule has 0 aliphatic rings. The van der Waals surface area contributed by atoms with Gasteiger partial charge in [0.15, 0.2) is 0 Å². The summed E-state index contributed by atoms with van der Waals surface area (Å²) >= 11 is 0. The molecule has 0 fully saturated rings. The Morgan fingerprint density at radius 3 is 2.37 bits per heavy atom. The number of rotatable bonds is 7. The van der Waals surface area contributed by atoms with E-state index in [1.807, 2.05) is 6.92 Å². The zero-order valence-electron chi connectivity index (χ0n) is 11.1. The van der Waals surface area contributed by atoms with Gasteiger partial charge in [-0.25, -0.2) is 4.79 Å². The van der Waals surface area contributed by atoms with Crippen molar-refractivity contribution >= 4 is 5.97 Å². The highest BCUT2D eigenvalue weighted by Gasteiger charge is 2.42. The fraction of sp³-hybridized carbons (Fsp3) is 0.500. The highest BCUT2D eigenvalue weighted by Crippen LogP contribution is 2.30. The quantitative estimate of drug-likeness (QED) is 0.562. The molecule has 1 rings (SSSR count). The number of unbranched alkanes of at least 4 members (excludes halogenated alkanes) is 1. The van der Waals surface area contributed by atoms with Gasteiger partial charge >= 0.3 is 11.9 Å². The summed E-state index contributed by atoms with van der Waals surface area (Å²) in [6, 6.07) is 5.21. The minimum absolute atomic E-state index is 0.0768. The standard InChI is InChI=1S/C14H18F2O3/c1-3-5-10-19-12-8-6-11(7-9-12)14(15,16)13(17)18-4-2/h6-9H,3-5,10H2,1-2H3. The van der Waals surface area contributed by atoms with Gasteiger partial charge < -0.3 is 9.47 Å². The second-order valence-corrected chi connectivity index (χ2v) is 4.02. The molecule has 19 heavy (non-hydrogen) atoms. The second-order valence-electron chi connectivity index (χ2n) is 4.02. The number of carbonyl (C=O) groups is 1. The summed E-state index contributed by atoms with van der Waals surface area (Å²) in [5, 5.41) is 0. The molecule has 0 heterocycles. The number of halogens is 2. The van der Waals surface area contributed by atoms with Gasteiger partial charge in [-0.15, -0.1) is 0 Å². The minimum atomic E-state index is -3.63. The van der Waals surface area contributed by atoms with Crippen LogP contribution in [0.15, 0.2) is 24.3 Å². The van der Waals surface area contributed by atoms with Gasteiger partial charge in [-0.1, -0.05) is 13.3 Å². The van der Waals surface area contributed by atoms with Crippen molar-refractivity contribution in [1.29, 1.82) is 0 Å². The molecule has 106 valence electrons. The molecule has 0 radical (unpaired) electrons. The normalized spacial score (nSPS) is 11.2. The Balaban J connectivity index is 2.71. The van der Waals surface area contributed by atoms with Crippen LogP contribution in [0.3, 0.4) is 0 Å². The molecule has 0 aliphatic heterocycles. The van der Waals surface area contributed by atoms with E-state index in [0.29, 0.717) is 12.4 Å². The van der Waals surface area contributed by atoms with E-state index in [1.54, 1.807) is 0 Å². The van der Waals surface area contributed by atoms with Crippen molar-refractivity contribution in [1.82, 2.24) is 0 Å². The van der Waals surface area contributed by atoms with Crippen molar-refractivity contribution in [3.8, 4) is 5.75 Å². The topological polar surface area (TPSA) is 35.5 Å². The molecule has 0 spiro atoms. The van der Waals surface area contributed by atoms with E-state index >= 15 is 0 Å². The summed E-state index contributed by atoms with van der Waals surface area (Å²) in [6.07, 6.45) is 1.90. The Bertz CT molecular complexity index is 402. The lowest BCUT2D eigenvalue weighted by Crippen LogP contribution is -2.28. The molecule has 0 atom stereocenters. The van der Waals surface area contributed by atoms with Crippen LogP contribution in [0.1, 0.15) is 32.3 Å². The van der Waals surface area contributed by atoms with Gasteiger partial charge in [-0.2, -0.15) is 8.78 Å². The Morgan fingerprint density at radius 2 is 1.84 bits per heavy atom. The third-order valence-corrected chi connectivity index (χ3v) is 2.52. The van der Waals surface area contributed by atoms with Crippen LogP contribution in [0.4, 0.5) is 8.78 Å². The monoisotopic (exact) mass is 272 g/mol. The van der Waals surface area contributed by atoms with Crippen molar-refractivity contribution < 1.29 is 23.0 Å². The molecule has 0 saturated heterocycles. The van der Waals surface area contributed by atoms with Crippen LogP contribution in [-0.4, -0.2) is 19.2 Å². The smallest absolute Gasteiger partial charge is 0.381 e. The molecule has 0 aromatic heterocycles. The van der Waals surface area contributed by atoms with E-state index in [1.165, 1.54) is 31.2 Å². The molecule has 3 nitrogen and oxygen atoms in total. The van der Waals surface area contributed by atoms with Gasteiger partial charge in [0.25, 0.3) is 0 Å². The van der Waals surface area contributed by atoms with Crippen molar-refractivity contribution in [2.24, 2.45) is 0 Å². The second kappa shape index (κ2) is 7.07. The summed E-state index contributed by atoms with van der Waals surface area (Å²) in [5.41, 5.74) is -0.395. The average molecular weight is 272 g/mol. The Hall–Kier alpha value is -1.65. The first-order valence-corrected chi connectivity index (χ1v) is 6.30. The van der Waals surface area contributed by atoms with E-state index in [4.69, 9.17) is 4.74 Å². The highest BCUT2D eigenvalue weighted by molar-refractivity contribution is 5.79. The van der Waals surface area contributed by atoms with Crippen molar-refractivity contribution in [3.63, 3.8) is 0 Å². The first-order valence-electron chi connectivity index (χ1n) is 6.30. The lowest BCUT2D eigenvalue weighted by Gasteiger charge is -2.15. The minimum Gasteiger partial charge on any atom is -0.494 e. The molecule has 1 aromatic rings. The molecule has 0 N–H and O–H groups in total. The van der Waals surface area contributed by atoms with Crippen LogP contribution >= 0.6 is 0 Å². The number of carbonyl (C=O) groups excluding carboxylic acids is 1. The summed E-state index contributed by atoms with van der Waals surface area (Å²) in [5.74, 6) is -4.65. The van der Waals surface area contributed by atoms with Crippen LogP contribution in [0.2, 0.25) is 0 Å². The van der Waals surface area contributed by atoms with Crippen LogP contribution in [0.25, 0.3) is 0 Å². The van der Waals surface area contributed by atoms with Gasteiger partial charge in [-0.05, 0) is 37.6 Å². The largest absolute Gasteiger partial charge is 0.494 e. The van der Waals surface area contributed by atoms with Crippen LogP contribution in [0.5, 0.6) is 5.75 Å². The van der Waals surface area contributed by atoms with E-state index in [-0.39, 0.29) is 6.61 Å². The van der Waals surface area contributed by atoms with E-state index < -0.39 is 17.5 Å². The highest BCUT2D eigenvalue weighted by atomic mass is 19.3. The van der Waals surface area contributed by atoms with E-state index in [2.05, 4.69) is 4.74 Å². The molecular formula is C14H18F2O3. The Labute approximate surface area is 111 Å². The third-order valence-electron chi connectivity index (χ3n) is 2.52. The van der Waals surface area contributed by atoms with Gasteiger partial charge in [-0.3, -0.25) is 0 Å².